The maximum Gasteiger partial charge on any atom is 0.0979 e. The molecule has 278 valence electrons. The van der Waals surface area contributed by atoms with Crippen molar-refractivity contribution in [1.29, 1.82) is 0 Å². The number of aromatic nitrogens is 3. The van der Waals surface area contributed by atoms with Crippen LogP contribution >= 0.6 is 0 Å². The second-order valence-electron chi connectivity index (χ2n) is 17.2. The van der Waals surface area contributed by atoms with Gasteiger partial charge in [0.1, 0.15) is 0 Å². The Bertz CT molecular complexity index is 2990. The van der Waals surface area contributed by atoms with E-state index in [1.54, 1.807) is 0 Å². The van der Waals surface area contributed by atoms with Crippen molar-refractivity contribution < 1.29 is 0 Å². The minimum Gasteiger partial charge on any atom is -0.265 e. The molecule has 8 aromatic rings. The molecular weight excluding hydrogens is 703 g/mol. The Morgan fingerprint density at radius 1 is 0.431 bits per heavy atom. The van der Waals surface area contributed by atoms with Gasteiger partial charge in [0.2, 0.25) is 0 Å². The average molecular weight is 746 g/mol. The van der Waals surface area contributed by atoms with Crippen molar-refractivity contribution in [2.45, 2.75) is 44.4 Å². The second-order valence-corrected chi connectivity index (χ2v) is 17.2. The molecule has 0 amide bonds. The van der Waals surface area contributed by atoms with Crippen LogP contribution in [0.2, 0.25) is 0 Å². The van der Waals surface area contributed by atoms with Crippen LogP contribution in [0.1, 0.15) is 55.9 Å². The number of allylic oxidation sites excluding steroid dienone is 4. The number of nitrogens with zero attached hydrogens (tertiary/aromatic N) is 3. The Labute approximate surface area is 340 Å². The monoisotopic (exact) mass is 745 g/mol. The highest BCUT2D eigenvalue weighted by molar-refractivity contribution is 6.03. The summed E-state index contributed by atoms with van der Waals surface area (Å²) in [6.45, 7) is 9.50. The molecule has 0 saturated heterocycles. The van der Waals surface area contributed by atoms with Gasteiger partial charge in [-0.2, -0.15) is 0 Å². The van der Waals surface area contributed by atoms with E-state index in [9.17, 15) is 0 Å². The van der Waals surface area contributed by atoms with Crippen LogP contribution in [0, 0.1) is 5.92 Å². The highest BCUT2D eigenvalue weighted by Crippen LogP contribution is 2.54. The Balaban J connectivity index is 1.16. The third kappa shape index (κ3) is 5.23. The van der Waals surface area contributed by atoms with E-state index in [1.807, 2.05) is 24.5 Å². The maximum absolute atomic E-state index is 5.73. The van der Waals surface area contributed by atoms with Gasteiger partial charge in [-0.1, -0.05) is 173 Å². The molecule has 3 aliphatic carbocycles. The van der Waals surface area contributed by atoms with Crippen LogP contribution < -0.4 is 0 Å². The molecule has 58 heavy (non-hydrogen) atoms. The molecule has 0 N–H and O–H groups in total. The molecule has 11 rings (SSSR count). The van der Waals surface area contributed by atoms with Crippen LogP contribution in [0.25, 0.3) is 78.1 Å². The molecule has 0 aliphatic heterocycles. The quantitative estimate of drug-likeness (QED) is 0.176. The first-order chi connectivity index (χ1) is 28.3. The van der Waals surface area contributed by atoms with Gasteiger partial charge in [-0.15, -0.1) is 0 Å². The lowest BCUT2D eigenvalue weighted by Gasteiger charge is -2.29. The van der Waals surface area contributed by atoms with Crippen molar-refractivity contribution >= 4 is 11.0 Å². The SMILES string of the molecule is CC1(C)c2ccccc2-c2ccc(-c3ccc(-c4ccc5c(c4)C(C)(C)C4C=CC=CC54)c4nc(-c5ccccc5)c(-c5ccc(-c6ccncc6)cc5)nc34)cc21. The molecule has 0 radical (unpaired) electrons. The zero-order valence-electron chi connectivity index (χ0n) is 33.2. The normalized spacial score (nSPS) is 17.8. The van der Waals surface area contributed by atoms with Crippen molar-refractivity contribution in [3.05, 3.63) is 198 Å². The largest absolute Gasteiger partial charge is 0.265 e. The Morgan fingerprint density at radius 2 is 0.966 bits per heavy atom. The van der Waals surface area contributed by atoms with Gasteiger partial charge in [-0.05, 0) is 85.2 Å². The van der Waals surface area contributed by atoms with E-state index in [4.69, 9.17) is 9.97 Å². The fourth-order valence-electron chi connectivity index (χ4n) is 10.2. The summed E-state index contributed by atoms with van der Waals surface area (Å²) in [6.07, 6.45) is 12.9. The minimum atomic E-state index is -0.121. The predicted molar refractivity (Wildman–Crippen MR) is 240 cm³/mol. The molecule has 0 saturated carbocycles. The molecule has 0 spiro atoms. The molecule has 2 aromatic heterocycles. The Hall–Kier alpha value is -6.71. The average Bonchev–Trinajstić information content (AvgIpc) is 3.65. The first-order valence-corrected chi connectivity index (χ1v) is 20.4. The van der Waals surface area contributed by atoms with Gasteiger partial charge in [0.05, 0.1) is 22.4 Å². The molecule has 3 heteroatoms. The van der Waals surface area contributed by atoms with Gasteiger partial charge in [-0.25, -0.2) is 9.97 Å². The third-order valence-corrected chi connectivity index (χ3v) is 13.3. The first-order valence-electron chi connectivity index (χ1n) is 20.4. The van der Waals surface area contributed by atoms with E-state index in [0.717, 1.165) is 61.4 Å². The van der Waals surface area contributed by atoms with Crippen molar-refractivity contribution in [2.24, 2.45) is 5.92 Å². The topological polar surface area (TPSA) is 38.7 Å². The number of benzene rings is 6. The van der Waals surface area contributed by atoms with Gasteiger partial charge < -0.3 is 0 Å². The summed E-state index contributed by atoms with van der Waals surface area (Å²) in [4.78, 5) is 15.7. The van der Waals surface area contributed by atoms with Crippen LogP contribution in [0.15, 0.2) is 176 Å². The highest BCUT2D eigenvalue weighted by atomic mass is 14.8. The van der Waals surface area contributed by atoms with Crippen molar-refractivity contribution in [3.63, 3.8) is 0 Å². The Morgan fingerprint density at radius 3 is 1.69 bits per heavy atom. The van der Waals surface area contributed by atoms with E-state index >= 15 is 0 Å². The summed E-state index contributed by atoms with van der Waals surface area (Å²) < 4.78 is 0. The lowest BCUT2D eigenvalue weighted by atomic mass is 9.74. The number of pyridine rings is 1. The van der Waals surface area contributed by atoms with E-state index in [1.165, 1.54) is 38.9 Å². The van der Waals surface area contributed by atoms with Crippen LogP contribution in [-0.2, 0) is 10.8 Å². The van der Waals surface area contributed by atoms with Crippen molar-refractivity contribution in [2.75, 3.05) is 0 Å². The van der Waals surface area contributed by atoms with Crippen LogP contribution in [0.4, 0.5) is 0 Å². The van der Waals surface area contributed by atoms with Crippen LogP contribution in [0.3, 0.4) is 0 Å². The summed E-state index contributed by atoms with van der Waals surface area (Å²) >= 11 is 0. The smallest absolute Gasteiger partial charge is 0.0979 e. The van der Waals surface area contributed by atoms with E-state index in [2.05, 4.69) is 184 Å². The summed E-state index contributed by atoms with van der Waals surface area (Å²) in [5.74, 6) is 0.837. The second kappa shape index (κ2) is 12.9. The van der Waals surface area contributed by atoms with Gasteiger partial charge >= 0.3 is 0 Å². The Kier molecular flexibility index (Phi) is 7.69. The van der Waals surface area contributed by atoms with Gasteiger partial charge in [-0.3, -0.25) is 4.98 Å². The predicted octanol–water partition coefficient (Wildman–Crippen LogP) is 13.8. The molecule has 6 aromatic carbocycles. The molecule has 0 bridgehead atoms. The van der Waals surface area contributed by atoms with Gasteiger partial charge in [0, 0.05) is 46.0 Å². The third-order valence-electron chi connectivity index (χ3n) is 13.3. The molecule has 2 unspecified atom stereocenters. The van der Waals surface area contributed by atoms with Crippen LogP contribution in [0.5, 0.6) is 0 Å². The maximum atomic E-state index is 5.73. The fraction of sp³-hybridized carbons (Fsp3) is 0.145. The number of fused-ring (bicyclic) bond motifs is 7. The standard InChI is InChI=1S/C55H43N3/c1-54(2)46-16-10-8-14-42(46)44-24-22-38(32-48(44)54)40-26-27-41(39-23-25-45-43-15-9-11-17-47(43)55(3,4)49(45)33-39)53-52(40)57-50(36-12-6-5-7-13-36)51(58-53)37-20-18-34(19-21-37)35-28-30-56-31-29-35/h5-33,42,46H,1-4H3. The minimum absolute atomic E-state index is 0.00170. The zero-order chi connectivity index (χ0) is 39.2. The molecule has 2 heterocycles. The number of hydrogen-bond donors (Lipinski definition) is 0. The highest BCUT2D eigenvalue weighted by Gasteiger charge is 2.44. The summed E-state index contributed by atoms with van der Waals surface area (Å²) in [5.41, 5.74) is 20.4. The van der Waals surface area contributed by atoms with Crippen molar-refractivity contribution in [1.82, 2.24) is 15.0 Å². The summed E-state index contributed by atoms with van der Waals surface area (Å²) in [5, 5.41) is 0. The van der Waals surface area contributed by atoms with Crippen molar-refractivity contribution in [3.8, 4) is 67.0 Å². The van der Waals surface area contributed by atoms with E-state index in [0.29, 0.717) is 11.8 Å². The zero-order valence-corrected chi connectivity index (χ0v) is 33.2. The fourth-order valence-corrected chi connectivity index (χ4v) is 10.2. The van der Waals surface area contributed by atoms with E-state index < -0.39 is 0 Å². The first kappa shape index (κ1) is 34.5. The summed E-state index contributed by atoms with van der Waals surface area (Å²) in [6, 6.07) is 50.9. The van der Waals surface area contributed by atoms with Crippen LogP contribution in [-0.4, -0.2) is 15.0 Å². The lowest BCUT2D eigenvalue weighted by Crippen LogP contribution is -2.24. The summed E-state index contributed by atoms with van der Waals surface area (Å²) in [7, 11) is 0. The molecular formula is C55H43N3. The van der Waals surface area contributed by atoms with E-state index in [-0.39, 0.29) is 10.8 Å². The van der Waals surface area contributed by atoms with Gasteiger partial charge in [0.25, 0.3) is 0 Å². The molecule has 2 atom stereocenters. The molecule has 0 fully saturated rings. The molecule has 3 aliphatic rings. The number of rotatable bonds is 5. The molecule has 3 nitrogen and oxygen atoms in total. The number of hydrogen-bond acceptors (Lipinski definition) is 3. The lowest BCUT2D eigenvalue weighted by molar-refractivity contribution is 0.394. The van der Waals surface area contributed by atoms with Gasteiger partial charge in [0.15, 0.2) is 0 Å².